The Balaban J connectivity index is 0.00000225. The van der Waals surface area contributed by atoms with Crippen molar-refractivity contribution in [3.8, 4) is 5.88 Å². The van der Waals surface area contributed by atoms with Gasteiger partial charge in [-0.3, -0.25) is 0 Å². The number of nitrogens with one attached hydrogen (secondary N) is 1. The van der Waals surface area contributed by atoms with Crippen molar-refractivity contribution in [2.75, 3.05) is 19.0 Å². The molecule has 1 aromatic heterocycles. The van der Waals surface area contributed by atoms with Crippen LogP contribution < -0.4 is 10.1 Å². The predicted molar refractivity (Wildman–Crippen MR) is 57.3 cm³/mol. The summed E-state index contributed by atoms with van der Waals surface area (Å²) in [7, 11) is 1.71. The third-order valence-electron chi connectivity index (χ3n) is 1.71. The van der Waals surface area contributed by atoms with Crippen LogP contribution in [0.15, 0.2) is 12.1 Å². The van der Waals surface area contributed by atoms with Crippen LogP contribution in [-0.2, 0) is 0 Å². The number of ether oxygens (including phenoxy) is 1. The Morgan fingerprint density at radius 2 is 2.00 bits per heavy atom. The van der Waals surface area contributed by atoms with E-state index < -0.39 is 12.8 Å². The Morgan fingerprint density at radius 3 is 2.44 bits per heavy atom. The molecule has 7 heteroatoms. The zero-order valence-electron chi connectivity index (χ0n) is 8.76. The fourth-order valence-corrected chi connectivity index (χ4v) is 1.04. The van der Waals surface area contributed by atoms with E-state index in [1.807, 2.05) is 0 Å². The SMILES string of the molecule is CNc1ccc(OCC(F)(F)F)nc1C.Cl. The van der Waals surface area contributed by atoms with Crippen LogP contribution in [0, 0.1) is 6.92 Å². The molecule has 0 radical (unpaired) electrons. The summed E-state index contributed by atoms with van der Waals surface area (Å²) < 4.78 is 40.0. The molecule has 1 heterocycles. The van der Waals surface area contributed by atoms with Crippen LogP contribution in [0.4, 0.5) is 18.9 Å². The minimum absolute atomic E-state index is 0. The van der Waals surface area contributed by atoms with Gasteiger partial charge in [-0.25, -0.2) is 4.98 Å². The Morgan fingerprint density at radius 1 is 1.38 bits per heavy atom. The monoisotopic (exact) mass is 256 g/mol. The first-order valence-corrected chi connectivity index (χ1v) is 4.27. The lowest BCUT2D eigenvalue weighted by atomic mass is 10.3. The van der Waals surface area contributed by atoms with Crippen molar-refractivity contribution >= 4 is 18.1 Å². The Hall–Kier alpha value is -1.17. The number of hydrogen-bond acceptors (Lipinski definition) is 3. The molecule has 16 heavy (non-hydrogen) atoms. The van der Waals surface area contributed by atoms with Crippen LogP contribution in [0.25, 0.3) is 0 Å². The summed E-state index contributed by atoms with van der Waals surface area (Å²) in [5.74, 6) is -0.0242. The number of halogens is 4. The minimum atomic E-state index is -4.34. The van der Waals surface area contributed by atoms with E-state index in [4.69, 9.17) is 0 Å². The average Bonchev–Trinajstić information content (AvgIpc) is 2.14. The number of alkyl halides is 3. The highest BCUT2D eigenvalue weighted by molar-refractivity contribution is 5.85. The van der Waals surface area contributed by atoms with E-state index in [-0.39, 0.29) is 18.3 Å². The van der Waals surface area contributed by atoms with Gasteiger partial charge in [-0.1, -0.05) is 0 Å². The van der Waals surface area contributed by atoms with Crippen LogP contribution in [0.3, 0.4) is 0 Å². The molecule has 0 spiro atoms. The second-order valence-corrected chi connectivity index (χ2v) is 2.94. The zero-order chi connectivity index (χ0) is 11.5. The number of aromatic nitrogens is 1. The number of anilines is 1. The molecule has 0 unspecified atom stereocenters. The number of nitrogens with zero attached hydrogens (tertiary/aromatic N) is 1. The third kappa shape index (κ3) is 4.57. The van der Waals surface area contributed by atoms with Gasteiger partial charge in [-0.05, 0) is 13.0 Å². The molecule has 0 saturated carbocycles. The van der Waals surface area contributed by atoms with Crippen LogP contribution in [-0.4, -0.2) is 24.8 Å². The van der Waals surface area contributed by atoms with Crippen molar-refractivity contribution in [3.05, 3.63) is 17.8 Å². The maximum atomic E-state index is 11.8. The average molecular weight is 257 g/mol. The van der Waals surface area contributed by atoms with E-state index in [2.05, 4.69) is 15.0 Å². The summed E-state index contributed by atoms with van der Waals surface area (Å²) in [6.07, 6.45) is -4.34. The molecule has 0 bridgehead atoms. The molecule has 0 atom stereocenters. The summed E-state index contributed by atoms with van der Waals surface area (Å²) >= 11 is 0. The smallest absolute Gasteiger partial charge is 0.422 e. The van der Waals surface area contributed by atoms with E-state index in [0.29, 0.717) is 5.69 Å². The summed E-state index contributed by atoms with van der Waals surface area (Å²) in [5.41, 5.74) is 1.35. The van der Waals surface area contributed by atoms with Gasteiger partial charge in [0.25, 0.3) is 0 Å². The minimum Gasteiger partial charge on any atom is -0.468 e. The molecule has 0 aliphatic carbocycles. The summed E-state index contributed by atoms with van der Waals surface area (Å²) in [6, 6.07) is 3.01. The summed E-state index contributed by atoms with van der Waals surface area (Å²) in [4.78, 5) is 3.86. The molecule has 92 valence electrons. The van der Waals surface area contributed by atoms with Gasteiger partial charge in [0, 0.05) is 13.1 Å². The van der Waals surface area contributed by atoms with Crippen molar-refractivity contribution in [2.45, 2.75) is 13.1 Å². The second-order valence-electron chi connectivity index (χ2n) is 2.94. The van der Waals surface area contributed by atoms with E-state index in [0.717, 1.165) is 5.69 Å². The lowest BCUT2D eigenvalue weighted by Crippen LogP contribution is -2.19. The Labute approximate surface area is 97.4 Å². The van der Waals surface area contributed by atoms with Crippen LogP contribution in [0.1, 0.15) is 5.69 Å². The first-order valence-electron chi connectivity index (χ1n) is 4.27. The van der Waals surface area contributed by atoms with Gasteiger partial charge in [0.05, 0.1) is 11.4 Å². The van der Waals surface area contributed by atoms with E-state index in [1.54, 1.807) is 20.0 Å². The van der Waals surface area contributed by atoms with Crippen molar-refractivity contribution in [1.29, 1.82) is 0 Å². The molecule has 0 aliphatic rings. The molecular weight excluding hydrogens is 245 g/mol. The summed E-state index contributed by atoms with van der Waals surface area (Å²) in [6.45, 7) is 0.366. The van der Waals surface area contributed by atoms with Gasteiger partial charge in [0.15, 0.2) is 6.61 Å². The fourth-order valence-electron chi connectivity index (χ4n) is 1.04. The second kappa shape index (κ2) is 5.79. The predicted octanol–water partition coefficient (Wildman–Crippen LogP) is 2.79. The standard InChI is InChI=1S/C9H11F3N2O.ClH/c1-6-7(13-2)3-4-8(14-6)15-5-9(10,11)12;/h3-4,13H,5H2,1-2H3;1H. The first-order chi connectivity index (χ1) is 6.92. The van der Waals surface area contributed by atoms with Gasteiger partial charge in [0.1, 0.15) is 0 Å². The molecule has 0 aromatic carbocycles. The highest BCUT2D eigenvalue weighted by Gasteiger charge is 2.28. The highest BCUT2D eigenvalue weighted by atomic mass is 35.5. The molecule has 0 saturated heterocycles. The Kier molecular flexibility index (Phi) is 5.37. The van der Waals surface area contributed by atoms with Crippen molar-refractivity contribution < 1.29 is 17.9 Å². The lowest BCUT2D eigenvalue weighted by Gasteiger charge is -2.10. The molecule has 1 aromatic rings. The molecule has 0 aliphatic heterocycles. The number of rotatable bonds is 3. The van der Waals surface area contributed by atoms with Gasteiger partial charge >= 0.3 is 6.18 Å². The molecule has 1 N–H and O–H groups in total. The van der Waals surface area contributed by atoms with Gasteiger partial charge < -0.3 is 10.1 Å². The van der Waals surface area contributed by atoms with E-state index in [9.17, 15) is 13.2 Å². The van der Waals surface area contributed by atoms with Crippen molar-refractivity contribution in [3.63, 3.8) is 0 Å². The topological polar surface area (TPSA) is 34.1 Å². The first kappa shape index (κ1) is 14.8. The zero-order valence-corrected chi connectivity index (χ0v) is 9.58. The third-order valence-corrected chi connectivity index (χ3v) is 1.71. The molecule has 0 fully saturated rings. The maximum absolute atomic E-state index is 11.8. The van der Waals surface area contributed by atoms with Crippen LogP contribution in [0.5, 0.6) is 5.88 Å². The van der Waals surface area contributed by atoms with Gasteiger partial charge in [0.2, 0.25) is 5.88 Å². The van der Waals surface area contributed by atoms with Crippen molar-refractivity contribution in [2.24, 2.45) is 0 Å². The molecule has 3 nitrogen and oxygen atoms in total. The number of aryl methyl sites for hydroxylation is 1. The van der Waals surface area contributed by atoms with Crippen LogP contribution >= 0.6 is 12.4 Å². The Bertz CT molecular complexity index is 344. The fraction of sp³-hybridized carbons (Fsp3) is 0.444. The lowest BCUT2D eigenvalue weighted by molar-refractivity contribution is -0.154. The molecular formula is C9H12ClF3N2O. The normalized spacial score (nSPS) is 10.6. The highest BCUT2D eigenvalue weighted by Crippen LogP contribution is 2.19. The van der Waals surface area contributed by atoms with Gasteiger partial charge in [-0.15, -0.1) is 12.4 Å². The maximum Gasteiger partial charge on any atom is 0.422 e. The van der Waals surface area contributed by atoms with E-state index in [1.165, 1.54) is 6.07 Å². The van der Waals surface area contributed by atoms with Crippen LogP contribution in [0.2, 0.25) is 0 Å². The summed E-state index contributed by atoms with van der Waals surface area (Å²) in [5, 5.41) is 2.85. The quantitative estimate of drug-likeness (QED) is 0.903. The number of hydrogen-bond donors (Lipinski definition) is 1. The number of pyridine rings is 1. The van der Waals surface area contributed by atoms with Crippen molar-refractivity contribution in [1.82, 2.24) is 4.98 Å². The van der Waals surface area contributed by atoms with Gasteiger partial charge in [-0.2, -0.15) is 13.2 Å². The largest absolute Gasteiger partial charge is 0.468 e. The van der Waals surface area contributed by atoms with E-state index >= 15 is 0 Å². The molecule has 1 rings (SSSR count). The molecule has 0 amide bonds.